The minimum atomic E-state index is -0.310. The number of hydrogen-bond donors (Lipinski definition) is 1. The number of nitrogens with two attached hydrogens (primary N) is 1. The Labute approximate surface area is 185 Å². The number of methoxy groups -OCH3 is 1. The van der Waals surface area contributed by atoms with Gasteiger partial charge < -0.3 is 24.7 Å². The molecule has 0 aliphatic heterocycles. The maximum absolute atomic E-state index is 12.5. The lowest BCUT2D eigenvalue weighted by molar-refractivity contribution is 0.0140. The summed E-state index contributed by atoms with van der Waals surface area (Å²) in [5, 5.41) is 0. The normalized spacial score (nSPS) is 10.9. The summed E-state index contributed by atoms with van der Waals surface area (Å²) in [6.45, 7) is 6.18. The van der Waals surface area contributed by atoms with Crippen molar-refractivity contribution < 1.29 is 23.7 Å². The molecule has 6 nitrogen and oxygen atoms in total. The fraction of sp³-hybridized carbons (Fsp3) is 0.480. The number of esters is 1. The lowest BCUT2D eigenvalue weighted by Gasteiger charge is -2.14. The molecule has 0 fully saturated rings. The molecule has 2 rings (SSSR count). The van der Waals surface area contributed by atoms with Crippen molar-refractivity contribution in [3.63, 3.8) is 0 Å². The molecule has 0 bridgehead atoms. The van der Waals surface area contributed by atoms with Crippen molar-refractivity contribution in [2.45, 2.75) is 26.2 Å². The molecule has 0 saturated carbocycles. The summed E-state index contributed by atoms with van der Waals surface area (Å²) in [5.74, 6) is -0.310. The Hall–Kier alpha value is -2.25. The van der Waals surface area contributed by atoms with Gasteiger partial charge in [0.25, 0.3) is 0 Å². The average Bonchev–Trinajstić information content (AvgIpc) is 2.79. The van der Waals surface area contributed by atoms with Gasteiger partial charge in [0.05, 0.1) is 39.1 Å². The summed E-state index contributed by atoms with van der Waals surface area (Å²) in [7, 11) is 1.42. The Balaban J connectivity index is 1.80. The molecule has 2 aromatic carbocycles. The van der Waals surface area contributed by atoms with Gasteiger partial charge >= 0.3 is 5.97 Å². The highest BCUT2D eigenvalue weighted by Gasteiger charge is 2.18. The molecule has 2 aromatic rings. The summed E-state index contributed by atoms with van der Waals surface area (Å²) in [6.07, 6.45) is 2.41. The van der Waals surface area contributed by atoms with Gasteiger partial charge in [-0.15, -0.1) is 0 Å². The quantitative estimate of drug-likeness (QED) is 0.343. The molecule has 0 aromatic heterocycles. The molecular formula is C25H35NO5. The Morgan fingerprint density at radius 2 is 1.52 bits per heavy atom. The van der Waals surface area contributed by atoms with E-state index < -0.39 is 0 Å². The highest BCUT2D eigenvalue weighted by molar-refractivity contribution is 5.98. The van der Waals surface area contributed by atoms with Crippen LogP contribution in [0.15, 0.2) is 42.5 Å². The minimum Gasteiger partial charge on any atom is -0.465 e. The zero-order valence-corrected chi connectivity index (χ0v) is 18.7. The third-order valence-electron chi connectivity index (χ3n) is 4.84. The van der Waals surface area contributed by atoms with Gasteiger partial charge in [0, 0.05) is 13.2 Å². The molecule has 0 spiro atoms. The van der Waals surface area contributed by atoms with Gasteiger partial charge in [-0.25, -0.2) is 4.79 Å². The predicted octanol–water partition coefficient (Wildman–Crippen LogP) is 3.78. The first kappa shape index (κ1) is 25.0. The van der Waals surface area contributed by atoms with Crippen molar-refractivity contribution in [1.29, 1.82) is 0 Å². The standard InChI is InChI=1S/C25H35NO5/c1-20-7-3-9-22(19-20)23-11-4-8-21(24(23)25(27)28-2)10-5-13-29-15-17-31-18-16-30-14-6-12-26/h3-4,7-9,11,19H,5-6,10,12-18,26H2,1-2H3. The summed E-state index contributed by atoms with van der Waals surface area (Å²) < 4.78 is 21.6. The second-order valence-corrected chi connectivity index (χ2v) is 7.28. The van der Waals surface area contributed by atoms with Crippen molar-refractivity contribution >= 4 is 5.97 Å². The number of benzene rings is 2. The Morgan fingerprint density at radius 3 is 2.16 bits per heavy atom. The Kier molecular flexibility index (Phi) is 11.9. The van der Waals surface area contributed by atoms with Crippen LogP contribution in [0.3, 0.4) is 0 Å². The predicted molar refractivity (Wildman–Crippen MR) is 122 cm³/mol. The molecule has 31 heavy (non-hydrogen) atoms. The highest BCUT2D eigenvalue weighted by atomic mass is 16.5. The van der Waals surface area contributed by atoms with Crippen LogP contribution in [0.5, 0.6) is 0 Å². The van der Waals surface area contributed by atoms with Crippen LogP contribution in [0.1, 0.15) is 34.3 Å². The molecule has 0 saturated heterocycles. The van der Waals surface area contributed by atoms with E-state index in [-0.39, 0.29) is 5.97 Å². The fourth-order valence-electron chi connectivity index (χ4n) is 3.30. The molecule has 170 valence electrons. The first-order valence-electron chi connectivity index (χ1n) is 10.9. The lowest BCUT2D eigenvalue weighted by Crippen LogP contribution is -2.12. The molecular weight excluding hydrogens is 394 g/mol. The van der Waals surface area contributed by atoms with Crippen molar-refractivity contribution in [3.05, 3.63) is 59.2 Å². The first-order valence-corrected chi connectivity index (χ1v) is 10.9. The zero-order chi connectivity index (χ0) is 22.3. The van der Waals surface area contributed by atoms with E-state index in [1.165, 1.54) is 7.11 Å². The zero-order valence-electron chi connectivity index (χ0n) is 18.7. The molecule has 0 atom stereocenters. The molecule has 0 aliphatic carbocycles. The topological polar surface area (TPSA) is 80.0 Å². The molecule has 0 heterocycles. The number of hydrogen-bond acceptors (Lipinski definition) is 6. The molecule has 0 unspecified atom stereocenters. The van der Waals surface area contributed by atoms with Gasteiger partial charge in [-0.3, -0.25) is 0 Å². The van der Waals surface area contributed by atoms with Crippen molar-refractivity contribution in [3.8, 4) is 11.1 Å². The van der Waals surface area contributed by atoms with Crippen LogP contribution >= 0.6 is 0 Å². The van der Waals surface area contributed by atoms with E-state index in [1.54, 1.807) is 0 Å². The number of carbonyl (C=O) groups excluding carboxylic acids is 1. The Morgan fingerprint density at radius 1 is 0.871 bits per heavy atom. The Bertz CT molecular complexity index is 793. The van der Waals surface area contributed by atoms with Crippen LogP contribution < -0.4 is 5.73 Å². The van der Waals surface area contributed by atoms with Crippen LogP contribution in [0.4, 0.5) is 0 Å². The van der Waals surface area contributed by atoms with Gasteiger partial charge in [-0.1, -0.05) is 48.0 Å². The maximum atomic E-state index is 12.5. The van der Waals surface area contributed by atoms with Gasteiger partial charge in [0.1, 0.15) is 0 Å². The van der Waals surface area contributed by atoms with Crippen LogP contribution in [0.2, 0.25) is 0 Å². The van der Waals surface area contributed by atoms with Crippen LogP contribution in [0.25, 0.3) is 11.1 Å². The van der Waals surface area contributed by atoms with Crippen molar-refractivity contribution in [1.82, 2.24) is 0 Å². The van der Waals surface area contributed by atoms with E-state index in [0.717, 1.165) is 41.5 Å². The highest BCUT2D eigenvalue weighted by Crippen LogP contribution is 2.28. The molecule has 0 aliphatic rings. The number of carbonyl (C=O) groups is 1. The van der Waals surface area contributed by atoms with E-state index >= 15 is 0 Å². The van der Waals surface area contributed by atoms with Gasteiger partial charge in [0.2, 0.25) is 0 Å². The summed E-state index contributed by atoms with van der Waals surface area (Å²) in [6, 6.07) is 14.1. The van der Waals surface area contributed by atoms with Gasteiger partial charge in [0.15, 0.2) is 0 Å². The van der Waals surface area contributed by atoms with E-state index in [0.29, 0.717) is 51.7 Å². The number of rotatable bonds is 15. The molecule has 0 radical (unpaired) electrons. The van der Waals surface area contributed by atoms with Crippen LogP contribution in [-0.4, -0.2) is 59.3 Å². The van der Waals surface area contributed by atoms with Crippen LogP contribution in [-0.2, 0) is 25.4 Å². The van der Waals surface area contributed by atoms with E-state index in [1.807, 2.05) is 43.3 Å². The summed E-state index contributed by atoms with van der Waals surface area (Å²) >= 11 is 0. The van der Waals surface area contributed by atoms with E-state index in [4.69, 9.17) is 24.7 Å². The summed E-state index contributed by atoms with van der Waals surface area (Å²) in [4.78, 5) is 12.5. The van der Waals surface area contributed by atoms with E-state index in [2.05, 4.69) is 6.07 Å². The molecule has 6 heteroatoms. The fourth-order valence-corrected chi connectivity index (χ4v) is 3.30. The van der Waals surface area contributed by atoms with Crippen LogP contribution in [0, 0.1) is 6.92 Å². The lowest BCUT2D eigenvalue weighted by atomic mass is 9.92. The van der Waals surface area contributed by atoms with Crippen molar-refractivity contribution in [2.24, 2.45) is 5.73 Å². The summed E-state index contributed by atoms with van der Waals surface area (Å²) in [5.41, 5.74) is 10.1. The minimum absolute atomic E-state index is 0.310. The molecule has 2 N–H and O–H groups in total. The van der Waals surface area contributed by atoms with Crippen molar-refractivity contribution in [2.75, 3.05) is 53.3 Å². The largest absolute Gasteiger partial charge is 0.465 e. The third-order valence-corrected chi connectivity index (χ3v) is 4.84. The second kappa shape index (κ2) is 14.7. The van der Waals surface area contributed by atoms with Gasteiger partial charge in [-0.05, 0) is 49.4 Å². The number of aryl methyl sites for hydroxylation is 2. The average molecular weight is 430 g/mol. The maximum Gasteiger partial charge on any atom is 0.338 e. The van der Waals surface area contributed by atoms with Gasteiger partial charge in [-0.2, -0.15) is 0 Å². The first-order chi connectivity index (χ1) is 15.2. The number of ether oxygens (including phenoxy) is 4. The smallest absolute Gasteiger partial charge is 0.338 e. The van der Waals surface area contributed by atoms with E-state index in [9.17, 15) is 4.79 Å². The SMILES string of the molecule is COC(=O)c1c(CCCOCCOCCOCCCN)cccc1-c1cccc(C)c1. The second-order valence-electron chi connectivity index (χ2n) is 7.28. The third kappa shape index (κ3) is 8.79. The monoisotopic (exact) mass is 429 g/mol. The molecule has 0 amide bonds.